The molecule has 2 heterocycles. The molecule has 1 amide bonds. The minimum atomic E-state index is -1.22. The van der Waals surface area contributed by atoms with E-state index < -0.39 is 10.6 Å². The summed E-state index contributed by atoms with van der Waals surface area (Å²) in [5.41, 5.74) is 0.216. The van der Waals surface area contributed by atoms with E-state index in [2.05, 4.69) is 0 Å². The maximum absolute atomic E-state index is 12.9. The molecule has 0 saturated carbocycles. The minimum Gasteiger partial charge on any atom is -0.395 e. The number of rotatable bonds is 4. The van der Waals surface area contributed by atoms with Crippen molar-refractivity contribution in [1.82, 2.24) is 4.90 Å². The molecule has 28 heavy (non-hydrogen) atoms. The lowest BCUT2D eigenvalue weighted by Crippen LogP contribution is -2.45. The van der Waals surface area contributed by atoms with E-state index in [4.69, 9.17) is 16.3 Å². The minimum absolute atomic E-state index is 0.0354. The van der Waals surface area contributed by atoms with E-state index in [-0.39, 0.29) is 31.3 Å². The zero-order chi connectivity index (χ0) is 19.9. The molecule has 2 aromatic carbocycles. The summed E-state index contributed by atoms with van der Waals surface area (Å²) >= 11 is 6.50. The summed E-state index contributed by atoms with van der Waals surface area (Å²) in [5, 5.41) is 21.3. The van der Waals surface area contributed by atoms with Crippen molar-refractivity contribution < 1.29 is 19.6 Å². The third-order valence-corrected chi connectivity index (χ3v) is 5.48. The summed E-state index contributed by atoms with van der Waals surface area (Å²) in [5.74, 6) is -0.219. The lowest BCUT2D eigenvalue weighted by atomic mass is 9.91. The van der Waals surface area contributed by atoms with Crippen molar-refractivity contribution in [2.45, 2.75) is 5.72 Å². The van der Waals surface area contributed by atoms with Crippen LogP contribution in [-0.4, -0.2) is 53.7 Å². The lowest BCUT2D eigenvalue weighted by molar-refractivity contribution is -0.385. The van der Waals surface area contributed by atoms with Gasteiger partial charge in [0.1, 0.15) is 0 Å². The molecular weight excluding hydrogens is 386 g/mol. The number of fused-ring (bicyclic) bond motifs is 3. The smallest absolute Gasteiger partial charge is 0.270 e. The number of hydrogen-bond acceptors (Lipinski definition) is 6. The van der Waals surface area contributed by atoms with Crippen molar-refractivity contribution in [3.05, 3.63) is 68.7 Å². The third-order valence-electron chi connectivity index (χ3n) is 5.15. The Morgan fingerprint density at radius 3 is 2.75 bits per heavy atom. The molecule has 1 unspecified atom stereocenters. The molecule has 9 heteroatoms. The first-order valence-electron chi connectivity index (χ1n) is 8.83. The van der Waals surface area contributed by atoms with Crippen LogP contribution in [0.25, 0.3) is 0 Å². The number of aliphatic hydroxyl groups excluding tert-OH is 1. The zero-order valence-electron chi connectivity index (χ0n) is 14.9. The maximum Gasteiger partial charge on any atom is 0.270 e. The number of nitrogens with zero attached hydrogens (tertiary/aromatic N) is 3. The summed E-state index contributed by atoms with van der Waals surface area (Å²) in [7, 11) is 0. The molecule has 0 bridgehead atoms. The number of nitro benzene ring substituents is 1. The Balaban J connectivity index is 2.05. The molecule has 4 rings (SSSR count). The van der Waals surface area contributed by atoms with Gasteiger partial charge in [-0.2, -0.15) is 0 Å². The van der Waals surface area contributed by atoms with E-state index in [9.17, 15) is 20.0 Å². The molecule has 0 aliphatic carbocycles. The number of ether oxygens (including phenoxy) is 1. The van der Waals surface area contributed by atoms with E-state index in [1.165, 1.54) is 23.1 Å². The fourth-order valence-electron chi connectivity index (χ4n) is 3.99. The molecule has 1 N–H and O–H groups in total. The molecule has 2 aliphatic heterocycles. The largest absolute Gasteiger partial charge is 0.395 e. The number of aliphatic hydroxyl groups is 1. The molecule has 0 spiro atoms. The molecule has 0 aromatic heterocycles. The van der Waals surface area contributed by atoms with Gasteiger partial charge in [0.05, 0.1) is 30.4 Å². The highest BCUT2D eigenvalue weighted by atomic mass is 35.5. The Morgan fingerprint density at radius 2 is 2.04 bits per heavy atom. The maximum atomic E-state index is 12.9. The topological polar surface area (TPSA) is 96.2 Å². The number of carbonyl (C=O) groups is 1. The van der Waals surface area contributed by atoms with Crippen molar-refractivity contribution in [3.8, 4) is 0 Å². The van der Waals surface area contributed by atoms with E-state index >= 15 is 0 Å². The van der Waals surface area contributed by atoms with Gasteiger partial charge in [0.2, 0.25) is 5.91 Å². The number of benzene rings is 2. The van der Waals surface area contributed by atoms with Gasteiger partial charge in [-0.3, -0.25) is 19.8 Å². The van der Waals surface area contributed by atoms with Crippen LogP contribution in [0.3, 0.4) is 0 Å². The van der Waals surface area contributed by atoms with Crippen LogP contribution in [0.2, 0.25) is 5.02 Å². The molecule has 2 aliphatic rings. The number of non-ortho nitro benzene ring substituents is 1. The highest BCUT2D eigenvalue weighted by Gasteiger charge is 2.52. The molecule has 8 nitrogen and oxygen atoms in total. The fourth-order valence-corrected chi connectivity index (χ4v) is 4.26. The SMILES string of the molecule is O=C1CN2CCOC2(c2ccccc2Cl)c2cc([N+](=O)[O-])ccc2N1CCO. The van der Waals surface area contributed by atoms with Gasteiger partial charge >= 0.3 is 0 Å². The molecular formula is C19H18ClN3O5. The molecule has 2 aromatic rings. The summed E-state index contributed by atoms with van der Waals surface area (Å²) in [4.78, 5) is 27.2. The predicted octanol–water partition coefficient (Wildman–Crippen LogP) is 2.12. The van der Waals surface area contributed by atoms with Gasteiger partial charge in [-0.15, -0.1) is 0 Å². The molecule has 1 saturated heterocycles. The average Bonchev–Trinajstić information content (AvgIpc) is 3.06. The second kappa shape index (κ2) is 7.14. The summed E-state index contributed by atoms with van der Waals surface area (Å²) in [6.45, 7) is 0.693. The summed E-state index contributed by atoms with van der Waals surface area (Å²) in [6.07, 6.45) is 0. The van der Waals surface area contributed by atoms with Crippen LogP contribution in [0, 0.1) is 10.1 Å². The normalized spacial score (nSPS) is 21.9. The number of halogens is 1. The van der Waals surface area contributed by atoms with Crippen LogP contribution in [-0.2, 0) is 15.3 Å². The van der Waals surface area contributed by atoms with Crippen LogP contribution in [0.5, 0.6) is 0 Å². The van der Waals surface area contributed by atoms with Crippen LogP contribution < -0.4 is 4.90 Å². The second-order valence-electron chi connectivity index (χ2n) is 6.62. The number of nitro groups is 1. The van der Waals surface area contributed by atoms with Gasteiger partial charge in [0.15, 0.2) is 5.72 Å². The standard InChI is InChI=1S/C19H18ClN3O5/c20-16-4-2-1-3-14(16)19-15-11-13(23(26)27)5-6-17(15)22(7-9-24)18(25)12-21(19)8-10-28-19/h1-6,11,24H,7-10,12H2. The van der Waals surface area contributed by atoms with Crippen LogP contribution in [0.15, 0.2) is 42.5 Å². The number of carbonyl (C=O) groups excluding carboxylic acids is 1. The van der Waals surface area contributed by atoms with Crippen molar-refractivity contribution >= 4 is 28.9 Å². The van der Waals surface area contributed by atoms with Crippen LogP contribution in [0.1, 0.15) is 11.1 Å². The third kappa shape index (κ3) is 2.77. The van der Waals surface area contributed by atoms with Crippen LogP contribution in [0.4, 0.5) is 11.4 Å². The van der Waals surface area contributed by atoms with Gasteiger partial charge in [0, 0.05) is 41.4 Å². The molecule has 146 valence electrons. The highest BCUT2D eigenvalue weighted by molar-refractivity contribution is 6.31. The van der Waals surface area contributed by atoms with Crippen molar-refractivity contribution in [2.24, 2.45) is 0 Å². The van der Waals surface area contributed by atoms with E-state index in [1.54, 1.807) is 18.2 Å². The monoisotopic (exact) mass is 403 g/mol. The Labute approximate surface area is 166 Å². The second-order valence-corrected chi connectivity index (χ2v) is 7.03. The molecule has 1 fully saturated rings. The highest BCUT2D eigenvalue weighted by Crippen LogP contribution is 2.49. The molecule has 0 radical (unpaired) electrons. The van der Waals surface area contributed by atoms with Crippen LogP contribution >= 0.6 is 11.6 Å². The van der Waals surface area contributed by atoms with Crippen molar-refractivity contribution in [2.75, 3.05) is 37.7 Å². The van der Waals surface area contributed by atoms with Crippen molar-refractivity contribution in [3.63, 3.8) is 0 Å². The number of anilines is 1. The zero-order valence-corrected chi connectivity index (χ0v) is 15.6. The first kappa shape index (κ1) is 18.8. The quantitative estimate of drug-likeness (QED) is 0.620. The first-order valence-corrected chi connectivity index (χ1v) is 9.21. The van der Waals surface area contributed by atoms with E-state index in [0.717, 1.165) is 0 Å². The summed E-state index contributed by atoms with van der Waals surface area (Å²) < 4.78 is 6.20. The van der Waals surface area contributed by atoms with Gasteiger partial charge in [-0.1, -0.05) is 29.8 Å². The summed E-state index contributed by atoms with van der Waals surface area (Å²) in [6, 6.07) is 11.4. The number of hydrogen-bond donors (Lipinski definition) is 1. The fraction of sp³-hybridized carbons (Fsp3) is 0.316. The predicted molar refractivity (Wildman–Crippen MR) is 102 cm³/mol. The lowest BCUT2D eigenvalue weighted by Gasteiger charge is -2.37. The van der Waals surface area contributed by atoms with Crippen molar-refractivity contribution in [1.29, 1.82) is 0 Å². The Morgan fingerprint density at radius 1 is 1.25 bits per heavy atom. The number of amides is 1. The van der Waals surface area contributed by atoms with Gasteiger partial charge in [-0.05, 0) is 12.1 Å². The van der Waals surface area contributed by atoms with E-state index in [0.29, 0.717) is 35.0 Å². The van der Waals surface area contributed by atoms with E-state index in [1.807, 2.05) is 11.0 Å². The average molecular weight is 404 g/mol. The first-order chi connectivity index (χ1) is 13.5. The van der Waals surface area contributed by atoms with Gasteiger partial charge in [-0.25, -0.2) is 0 Å². The Kier molecular flexibility index (Phi) is 4.80. The van der Waals surface area contributed by atoms with Gasteiger partial charge in [0.25, 0.3) is 5.69 Å². The van der Waals surface area contributed by atoms with Gasteiger partial charge < -0.3 is 14.7 Å². The Bertz CT molecular complexity index is 953. The number of β-amino-alcohol motifs (C(OH)–C–C–N with tert-alkyl or cyclic N) is 1. The Hall–Kier alpha value is -2.52. The molecule has 1 atom stereocenters.